The molecule has 1 aromatic carbocycles. The molecule has 2 fully saturated rings. The molecule has 0 bridgehead atoms. The van der Waals surface area contributed by atoms with Crippen LogP contribution in [0, 0.1) is 11.3 Å². The number of carbonyl (C=O) groups is 1. The van der Waals surface area contributed by atoms with Crippen molar-refractivity contribution in [1.29, 1.82) is 0 Å². The number of fused-ring (bicyclic) bond motifs is 1. The molecule has 0 heterocycles. The summed E-state index contributed by atoms with van der Waals surface area (Å²) in [5.74, 6) is 1.93. The summed E-state index contributed by atoms with van der Waals surface area (Å²) in [6.07, 6.45) is 9.05. The summed E-state index contributed by atoms with van der Waals surface area (Å²) in [4.78, 5) is 13.0. The minimum Gasteiger partial charge on any atom is -0.493 e. The maximum atomic E-state index is 13.0. The van der Waals surface area contributed by atoms with Crippen LogP contribution in [0.25, 0.3) is 0 Å². The summed E-state index contributed by atoms with van der Waals surface area (Å²) in [6.45, 7) is 0.799. The standard InChI is InChI=1S/C20H26O3/c1-22-16-7-9-20(10-8-16)12-15-5-6-17(11-18(15)19(20)21)23-13-14-3-2-4-14/h5-6,11,14,16H,2-4,7-10,12-13H2,1H3. The van der Waals surface area contributed by atoms with Crippen molar-refractivity contribution in [2.24, 2.45) is 11.3 Å². The average Bonchev–Trinajstić information content (AvgIpc) is 2.79. The Kier molecular flexibility index (Phi) is 3.92. The first-order chi connectivity index (χ1) is 11.2. The minimum absolute atomic E-state index is 0.163. The van der Waals surface area contributed by atoms with Crippen LogP contribution in [0.4, 0.5) is 0 Å². The summed E-state index contributed by atoms with van der Waals surface area (Å²) < 4.78 is 11.4. The largest absolute Gasteiger partial charge is 0.493 e. The second-order valence-electron chi connectivity index (χ2n) is 7.65. The predicted molar refractivity (Wildman–Crippen MR) is 89.0 cm³/mol. The van der Waals surface area contributed by atoms with Gasteiger partial charge in [0.2, 0.25) is 0 Å². The number of methoxy groups -OCH3 is 1. The Morgan fingerprint density at radius 1 is 1.17 bits per heavy atom. The number of Topliss-reactive ketones (excluding diaryl/α,β-unsaturated/α-hetero) is 1. The summed E-state index contributed by atoms with van der Waals surface area (Å²) in [7, 11) is 1.78. The maximum Gasteiger partial charge on any atom is 0.169 e. The van der Waals surface area contributed by atoms with Crippen molar-refractivity contribution in [2.45, 2.75) is 57.5 Å². The second-order valence-corrected chi connectivity index (χ2v) is 7.65. The number of hydrogen-bond donors (Lipinski definition) is 0. The summed E-state index contributed by atoms with van der Waals surface area (Å²) in [5.41, 5.74) is 1.96. The fourth-order valence-corrected chi connectivity index (χ4v) is 4.40. The van der Waals surface area contributed by atoms with Gasteiger partial charge in [0.15, 0.2) is 5.78 Å². The Morgan fingerprint density at radius 3 is 2.61 bits per heavy atom. The molecule has 4 rings (SSSR count). The van der Waals surface area contributed by atoms with E-state index in [0.717, 1.165) is 55.9 Å². The van der Waals surface area contributed by atoms with E-state index >= 15 is 0 Å². The highest BCUT2D eigenvalue weighted by Gasteiger charge is 2.47. The lowest BCUT2D eigenvalue weighted by Crippen LogP contribution is -2.35. The van der Waals surface area contributed by atoms with Gasteiger partial charge in [0.1, 0.15) is 5.75 Å². The number of ketones is 1. The van der Waals surface area contributed by atoms with Gasteiger partial charge < -0.3 is 9.47 Å². The molecule has 1 aromatic rings. The van der Waals surface area contributed by atoms with Crippen molar-refractivity contribution < 1.29 is 14.3 Å². The first-order valence-corrected chi connectivity index (χ1v) is 9.03. The monoisotopic (exact) mass is 314 g/mol. The topological polar surface area (TPSA) is 35.5 Å². The molecule has 0 N–H and O–H groups in total. The van der Waals surface area contributed by atoms with E-state index in [-0.39, 0.29) is 5.41 Å². The average molecular weight is 314 g/mol. The van der Waals surface area contributed by atoms with Gasteiger partial charge in [-0.1, -0.05) is 12.5 Å². The van der Waals surface area contributed by atoms with Gasteiger partial charge in [0, 0.05) is 18.1 Å². The van der Waals surface area contributed by atoms with Crippen LogP contribution in [-0.2, 0) is 11.2 Å². The van der Waals surface area contributed by atoms with Crippen LogP contribution in [0.15, 0.2) is 18.2 Å². The summed E-state index contributed by atoms with van der Waals surface area (Å²) >= 11 is 0. The fourth-order valence-electron chi connectivity index (χ4n) is 4.40. The Labute approximate surface area is 138 Å². The zero-order chi connectivity index (χ0) is 15.9. The maximum absolute atomic E-state index is 13.0. The van der Waals surface area contributed by atoms with E-state index in [1.54, 1.807) is 7.11 Å². The number of benzene rings is 1. The van der Waals surface area contributed by atoms with E-state index in [0.29, 0.717) is 11.9 Å². The molecule has 1 spiro atoms. The van der Waals surface area contributed by atoms with Crippen LogP contribution in [-0.4, -0.2) is 25.6 Å². The van der Waals surface area contributed by atoms with Crippen molar-refractivity contribution in [2.75, 3.05) is 13.7 Å². The molecule has 0 atom stereocenters. The molecule has 124 valence electrons. The highest BCUT2D eigenvalue weighted by atomic mass is 16.5. The highest BCUT2D eigenvalue weighted by molar-refractivity contribution is 6.05. The van der Waals surface area contributed by atoms with Gasteiger partial charge >= 0.3 is 0 Å². The van der Waals surface area contributed by atoms with Crippen LogP contribution >= 0.6 is 0 Å². The minimum atomic E-state index is -0.163. The quantitative estimate of drug-likeness (QED) is 0.836. The lowest BCUT2D eigenvalue weighted by Gasteiger charge is -2.35. The Balaban J connectivity index is 1.47. The number of rotatable bonds is 4. The molecule has 3 aliphatic carbocycles. The van der Waals surface area contributed by atoms with Gasteiger partial charge in [-0.25, -0.2) is 0 Å². The summed E-state index contributed by atoms with van der Waals surface area (Å²) in [6, 6.07) is 6.15. The van der Waals surface area contributed by atoms with Crippen LogP contribution in [0.5, 0.6) is 5.75 Å². The van der Waals surface area contributed by atoms with Crippen LogP contribution in [0.2, 0.25) is 0 Å². The molecule has 3 aliphatic rings. The highest BCUT2D eigenvalue weighted by Crippen LogP contribution is 2.48. The number of hydrogen-bond acceptors (Lipinski definition) is 3. The zero-order valence-electron chi connectivity index (χ0n) is 14.0. The zero-order valence-corrected chi connectivity index (χ0v) is 14.0. The van der Waals surface area contributed by atoms with Crippen LogP contribution < -0.4 is 4.74 Å². The molecule has 3 heteroatoms. The molecule has 3 nitrogen and oxygen atoms in total. The third-order valence-corrected chi connectivity index (χ3v) is 6.27. The molecule has 0 aliphatic heterocycles. The number of carbonyl (C=O) groups excluding carboxylic acids is 1. The van der Waals surface area contributed by atoms with Gasteiger partial charge in [-0.15, -0.1) is 0 Å². The van der Waals surface area contributed by atoms with Crippen molar-refractivity contribution in [1.82, 2.24) is 0 Å². The molecule has 2 saturated carbocycles. The molecule has 0 aromatic heterocycles. The Hall–Kier alpha value is -1.35. The van der Waals surface area contributed by atoms with E-state index in [1.807, 2.05) is 12.1 Å². The van der Waals surface area contributed by atoms with Gasteiger partial charge in [0.05, 0.1) is 12.7 Å². The molecule has 0 radical (unpaired) electrons. The smallest absolute Gasteiger partial charge is 0.169 e. The SMILES string of the molecule is COC1CCC2(CC1)Cc1ccc(OCC3CCC3)cc1C2=O. The van der Waals surface area contributed by atoms with Crippen molar-refractivity contribution in [3.05, 3.63) is 29.3 Å². The van der Waals surface area contributed by atoms with E-state index in [9.17, 15) is 4.79 Å². The fraction of sp³-hybridized carbons (Fsp3) is 0.650. The molecule has 23 heavy (non-hydrogen) atoms. The molecule has 0 saturated heterocycles. The van der Waals surface area contributed by atoms with Crippen molar-refractivity contribution in [3.8, 4) is 5.75 Å². The predicted octanol–water partition coefficient (Wildman–Crippen LogP) is 4.18. The van der Waals surface area contributed by atoms with E-state index in [2.05, 4.69) is 6.07 Å². The molecule has 0 unspecified atom stereocenters. The van der Waals surface area contributed by atoms with Gasteiger partial charge in [0.25, 0.3) is 0 Å². The van der Waals surface area contributed by atoms with E-state index < -0.39 is 0 Å². The first kappa shape index (κ1) is 15.2. The third kappa shape index (κ3) is 2.69. The second kappa shape index (κ2) is 5.94. The molecule has 0 amide bonds. The van der Waals surface area contributed by atoms with E-state index in [4.69, 9.17) is 9.47 Å². The van der Waals surface area contributed by atoms with Crippen LogP contribution in [0.3, 0.4) is 0 Å². The normalized spacial score (nSPS) is 30.3. The Morgan fingerprint density at radius 2 is 1.96 bits per heavy atom. The lowest BCUT2D eigenvalue weighted by molar-refractivity contribution is 0.0285. The van der Waals surface area contributed by atoms with Gasteiger partial charge in [-0.2, -0.15) is 0 Å². The molecular weight excluding hydrogens is 288 g/mol. The molecular formula is C20H26O3. The Bertz CT molecular complexity index is 595. The number of ether oxygens (including phenoxy) is 2. The van der Waals surface area contributed by atoms with Crippen molar-refractivity contribution in [3.63, 3.8) is 0 Å². The van der Waals surface area contributed by atoms with Crippen LogP contribution in [0.1, 0.15) is 60.9 Å². The van der Waals surface area contributed by atoms with Gasteiger partial charge in [-0.3, -0.25) is 4.79 Å². The van der Waals surface area contributed by atoms with Gasteiger partial charge in [-0.05, 0) is 68.6 Å². The first-order valence-electron chi connectivity index (χ1n) is 9.03. The lowest BCUT2D eigenvalue weighted by atomic mass is 9.70. The third-order valence-electron chi connectivity index (χ3n) is 6.27. The van der Waals surface area contributed by atoms with Crippen molar-refractivity contribution >= 4 is 5.78 Å². The summed E-state index contributed by atoms with van der Waals surface area (Å²) in [5, 5.41) is 0. The van der Waals surface area contributed by atoms with E-state index in [1.165, 1.54) is 24.8 Å².